The fraction of sp³-hybridized carbons (Fsp3) is 0.474. The van der Waals surface area contributed by atoms with Gasteiger partial charge >= 0.3 is 0 Å². The second-order valence-electron chi connectivity index (χ2n) is 6.64. The summed E-state index contributed by atoms with van der Waals surface area (Å²) in [5.41, 5.74) is 1.78. The van der Waals surface area contributed by atoms with Gasteiger partial charge in [0.25, 0.3) is 0 Å². The van der Waals surface area contributed by atoms with E-state index in [2.05, 4.69) is 75.5 Å². The van der Waals surface area contributed by atoms with Gasteiger partial charge in [-0.2, -0.15) is 0 Å². The number of nitrogens with one attached hydrogen (secondary N) is 1. The Hall–Kier alpha value is -1.34. The predicted octanol–water partition coefficient (Wildman–Crippen LogP) is 4.80. The summed E-state index contributed by atoms with van der Waals surface area (Å²) in [6.45, 7) is 10.3. The molecule has 0 saturated carbocycles. The van der Waals surface area contributed by atoms with Crippen LogP contribution in [0.2, 0.25) is 0 Å². The minimum Gasteiger partial charge on any atom is -0.315 e. The standard InChI is InChI=1S/C19H27N/c1-5-20-15(2)13-19(3,4)14-17-11-8-10-16-9-6-7-12-18(16)17/h6-12,15,20H,5,13-14H2,1-4H3. The molecular formula is C19H27N. The summed E-state index contributed by atoms with van der Waals surface area (Å²) in [5.74, 6) is 0. The van der Waals surface area contributed by atoms with Gasteiger partial charge in [-0.05, 0) is 48.1 Å². The van der Waals surface area contributed by atoms with Gasteiger partial charge < -0.3 is 5.32 Å². The number of fused-ring (bicyclic) bond motifs is 1. The maximum absolute atomic E-state index is 3.52. The molecule has 0 aliphatic heterocycles. The van der Waals surface area contributed by atoms with Crippen LogP contribution >= 0.6 is 0 Å². The lowest BCUT2D eigenvalue weighted by Crippen LogP contribution is -2.32. The summed E-state index contributed by atoms with van der Waals surface area (Å²) in [4.78, 5) is 0. The van der Waals surface area contributed by atoms with Gasteiger partial charge in [0, 0.05) is 6.04 Å². The normalized spacial score (nSPS) is 13.6. The lowest BCUT2D eigenvalue weighted by atomic mass is 9.79. The van der Waals surface area contributed by atoms with Crippen molar-refractivity contribution >= 4 is 10.8 Å². The minimum absolute atomic E-state index is 0.311. The monoisotopic (exact) mass is 269 g/mol. The second kappa shape index (κ2) is 6.41. The third-order valence-electron chi connectivity index (χ3n) is 3.96. The van der Waals surface area contributed by atoms with E-state index < -0.39 is 0 Å². The molecule has 1 unspecified atom stereocenters. The molecule has 0 aromatic heterocycles. The van der Waals surface area contributed by atoms with Crippen molar-refractivity contribution in [1.29, 1.82) is 0 Å². The van der Waals surface area contributed by atoms with E-state index in [0.717, 1.165) is 13.0 Å². The molecule has 0 amide bonds. The first kappa shape index (κ1) is 15.1. The van der Waals surface area contributed by atoms with E-state index in [0.29, 0.717) is 11.5 Å². The van der Waals surface area contributed by atoms with Crippen LogP contribution in [0.25, 0.3) is 10.8 Å². The van der Waals surface area contributed by atoms with E-state index in [9.17, 15) is 0 Å². The van der Waals surface area contributed by atoms with Crippen molar-refractivity contribution in [2.24, 2.45) is 5.41 Å². The molecule has 1 nitrogen and oxygen atoms in total. The first-order valence-electron chi connectivity index (χ1n) is 7.72. The zero-order valence-electron chi connectivity index (χ0n) is 13.2. The molecule has 0 spiro atoms. The highest BCUT2D eigenvalue weighted by atomic mass is 14.9. The number of hydrogen-bond acceptors (Lipinski definition) is 1. The first-order chi connectivity index (χ1) is 9.52. The van der Waals surface area contributed by atoms with Crippen molar-refractivity contribution in [3.05, 3.63) is 48.0 Å². The molecular weight excluding hydrogens is 242 g/mol. The fourth-order valence-electron chi connectivity index (χ4n) is 3.28. The van der Waals surface area contributed by atoms with Gasteiger partial charge in [0.05, 0.1) is 0 Å². The Morgan fingerprint density at radius 1 is 1.05 bits per heavy atom. The summed E-state index contributed by atoms with van der Waals surface area (Å²) < 4.78 is 0. The molecule has 0 heterocycles. The number of rotatable bonds is 6. The van der Waals surface area contributed by atoms with E-state index in [4.69, 9.17) is 0 Å². The Labute approximate surface area is 123 Å². The van der Waals surface area contributed by atoms with Crippen molar-refractivity contribution in [1.82, 2.24) is 5.32 Å². The van der Waals surface area contributed by atoms with E-state index in [1.54, 1.807) is 0 Å². The van der Waals surface area contributed by atoms with Gasteiger partial charge in [-0.1, -0.05) is 63.2 Å². The van der Waals surface area contributed by atoms with Crippen molar-refractivity contribution in [2.75, 3.05) is 6.54 Å². The van der Waals surface area contributed by atoms with Crippen LogP contribution in [-0.2, 0) is 6.42 Å². The van der Waals surface area contributed by atoms with Crippen molar-refractivity contribution in [3.63, 3.8) is 0 Å². The summed E-state index contributed by atoms with van der Waals surface area (Å²) in [5, 5.41) is 6.27. The Bertz CT molecular complexity index is 551. The summed E-state index contributed by atoms with van der Waals surface area (Å²) in [6.07, 6.45) is 2.33. The summed E-state index contributed by atoms with van der Waals surface area (Å²) in [6, 6.07) is 15.9. The molecule has 2 aromatic carbocycles. The smallest absolute Gasteiger partial charge is 0.00438 e. The maximum Gasteiger partial charge on any atom is 0.00438 e. The van der Waals surface area contributed by atoms with Crippen LogP contribution in [0.4, 0.5) is 0 Å². The number of benzene rings is 2. The molecule has 0 radical (unpaired) electrons. The molecule has 0 fully saturated rings. The van der Waals surface area contributed by atoms with E-state index >= 15 is 0 Å². The highest BCUT2D eigenvalue weighted by Gasteiger charge is 2.22. The third-order valence-corrected chi connectivity index (χ3v) is 3.96. The molecule has 1 N–H and O–H groups in total. The third kappa shape index (κ3) is 3.83. The Morgan fingerprint density at radius 3 is 2.50 bits per heavy atom. The zero-order chi connectivity index (χ0) is 14.6. The van der Waals surface area contributed by atoms with E-state index in [-0.39, 0.29) is 0 Å². The molecule has 1 heteroatoms. The van der Waals surface area contributed by atoms with Gasteiger partial charge in [0.15, 0.2) is 0 Å². The van der Waals surface area contributed by atoms with Crippen molar-refractivity contribution in [2.45, 2.75) is 46.6 Å². The van der Waals surface area contributed by atoms with Gasteiger partial charge in [-0.3, -0.25) is 0 Å². The average Bonchev–Trinajstić information content (AvgIpc) is 2.38. The van der Waals surface area contributed by atoms with Gasteiger partial charge in [-0.25, -0.2) is 0 Å². The van der Waals surface area contributed by atoms with Crippen LogP contribution in [-0.4, -0.2) is 12.6 Å². The Kier molecular flexibility index (Phi) is 4.82. The molecule has 20 heavy (non-hydrogen) atoms. The van der Waals surface area contributed by atoms with Gasteiger partial charge in [0.2, 0.25) is 0 Å². The summed E-state index contributed by atoms with van der Waals surface area (Å²) >= 11 is 0. The van der Waals surface area contributed by atoms with Crippen molar-refractivity contribution < 1.29 is 0 Å². The minimum atomic E-state index is 0.311. The molecule has 1 atom stereocenters. The van der Waals surface area contributed by atoms with E-state index in [1.165, 1.54) is 22.8 Å². The second-order valence-corrected chi connectivity index (χ2v) is 6.64. The molecule has 2 aromatic rings. The maximum atomic E-state index is 3.52. The van der Waals surface area contributed by atoms with Gasteiger partial charge in [0.1, 0.15) is 0 Å². The fourth-order valence-corrected chi connectivity index (χ4v) is 3.28. The largest absolute Gasteiger partial charge is 0.315 e. The van der Waals surface area contributed by atoms with E-state index in [1.807, 2.05) is 0 Å². The van der Waals surface area contributed by atoms with Crippen molar-refractivity contribution in [3.8, 4) is 0 Å². The van der Waals surface area contributed by atoms with Crippen LogP contribution in [0.3, 0.4) is 0 Å². The molecule has 0 aliphatic rings. The lowest BCUT2D eigenvalue weighted by molar-refractivity contribution is 0.289. The predicted molar refractivity (Wildman–Crippen MR) is 89.2 cm³/mol. The van der Waals surface area contributed by atoms with Crippen LogP contribution in [0, 0.1) is 5.41 Å². The first-order valence-corrected chi connectivity index (χ1v) is 7.72. The van der Waals surface area contributed by atoms with Gasteiger partial charge in [-0.15, -0.1) is 0 Å². The highest BCUT2D eigenvalue weighted by Crippen LogP contribution is 2.30. The Morgan fingerprint density at radius 2 is 1.75 bits per heavy atom. The molecule has 0 saturated heterocycles. The lowest BCUT2D eigenvalue weighted by Gasteiger charge is -2.29. The van der Waals surface area contributed by atoms with Crippen LogP contribution in [0.1, 0.15) is 39.7 Å². The van der Waals surface area contributed by atoms with Crippen LogP contribution < -0.4 is 5.32 Å². The number of hydrogen-bond donors (Lipinski definition) is 1. The SMILES string of the molecule is CCNC(C)CC(C)(C)Cc1cccc2ccccc12. The zero-order valence-corrected chi connectivity index (χ0v) is 13.2. The van der Waals surface area contributed by atoms with Crippen LogP contribution in [0.15, 0.2) is 42.5 Å². The topological polar surface area (TPSA) is 12.0 Å². The van der Waals surface area contributed by atoms with Crippen LogP contribution in [0.5, 0.6) is 0 Å². The summed E-state index contributed by atoms with van der Waals surface area (Å²) in [7, 11) is 0. The Balaban J connectivity index is 2.18. The molecule has 0 aliphatic carbocycles. The molecule has 108 valence electrons. The molecule has 0 bridgehead atoms. The highest BCUT2D eigenvalue weighted by molar-refractivity contribution is 5.85. The molecule has 2 rings (SSSR count). The average molecular weight is 269 g/mol. The quantitative estimate of drug-likeness (QED) is 0.794.